The molecule has 10 nitrogen and oxygen atoms in total. The number of pyridine rings is 1. The lowest BCUT2D eigenvalue weighted by atomic mass is 9.95. The highest BCUT2D eigenvalue weighted by molar-refractivity contribution is 6.10. The van der Waals surface area contributed by atoms with Gasteiger partial charge in [0.25, 0.3) is 0 Å². The highest BCUT2D eigenvalue weighted by atomic mass is 19.4. The van der Waals surface area contributed by atoms with E-state index < -0.39 is 35.5 Å². The molecule has 3 aliphatic heterocycles. The van der Waals surface area contributed by atoms with Gasteiger partial charge in [-0.05, 0) is 63.6 Å². The fourth-order valence-electron chi connectivity index (χ4n) is 6.71. The summed E-state index contributed by atoms with van der Waals surface area (Å²) >= 11 is 0. The van der Waals surface area contributed by atoms with E-state index in [1.54, 1.807) is 7.05 Å². The van der Waals surface area contributed by atoms with Gasteiger partial charge in [-0.2, -0.15) is 18.2 Å². The molecular formula is C31H34F3N7O3. The molecule has 0 bridgehead atoms. The second-order valence-electron chi connectivity index (χ2n) is 11.7. The van der Waals surface area contributed by atoms with Gasteiger partial charge < -0.3 is 19.2 Å². The Kier molecular flexibility index (Phi) is 7.58. The van der Waals surface area contributed by atoms with Crippen LogP contribution in [-0.4, -0.2) is 58.0 Å². The third kappa shape index (κ3) is 5.28. The van der Waals surface area contributed by atoms with Crippen LogP contribution in [-0.2, 0) is 22.3 Å². The van der Waals surface area contributed by atoms with Crippen molar-refractivity contribution in [2.45, 2.75) is 64.8 Å². The largest absolute Gasteiger partial charge is 0.416 e. The summed E-state index contributed by atoms with van der Waals surface area (Å²) < 4.78 is 46.8. The van der Waals surface area contributed by atoms with Gasteiger partial charge in [0.2, 0.25) is 17.7 Å². The van der Waals surface area contributed by atoms with Crippen molar-refractivity contribution in [2.75, 3.05) is 34.8 Å². The van der Waals surface area contributed by atoms with Crippen molar-refractivity contribution in [3.8, 4) is 0 Å². The van der Waals surface area contributed by atoms with Crippen LogP contribution < -0.4 is 14.7 Å². The summed E-state index contributed by atoms with van der Waals surface area (Å²) in [5.74, 6) is -0.569. The number of aryl methyl sites for hydroxylation is 2. The zero-order valence-electron chi connectivity index (χ0n) is 25.0. The summed E-state index contributed by atoms with van der Waals surface area (Å²) in [6.07, 6.45) is 1.25. The van der Waals surface area contributed by atoms with Crippen LogP contribution in [0.5, 0.6) is 0 Å². The molecule has 6 rings (SSSR count). The maximum atomic E-state index is 14.1. The Morgan fingerprint density at radius 1 is 1.14 bits per heavy atom. The summed E-state index contributed by atoms with van der Waals surface area (Å²) in [6, 6.07) is 6.31. The topological polar surface area (TPSA) is 98.9 Å². The van der Waals surface area contributed by atoms with Crippen LogP contribution in [0, 0.1) is 19.8 Å². The minimum Gasteiger partial charge on any atom is -0.366 e. The molecule has 2 saturated heterocycles. The number of likely N-dealkylation sites (tertiary alicyclic amines) is 1. The van der Waals surface area contributed by atoms with E-state index in [4.69, 9.17) is 9.51 Å². The number of amides is 2. The van der Waals surface area contributed by atoms with Gasteiger partial charge in [-0.1, -0.05) is 23.4 Å². The van der Waals surface area contributed by atoms with Crippen LogP contribution >= 0.6 is 0 Å². The normalized spacial score (nSPS) is 22.6. The van der Waals surface area contributed by atoms with E-state index in [1.165, 1.54) is 11.8 Å². The van der Waals surface area contributed by atoms with Crippen LogP contribution in [0.2, 0.25) is 0 Å². The summed E-state index contributed by atoms with van der Waals surface area (Å²) in [5, 5.41) is 4.29. The van der Waals surface area contributed by atoms with Gasteiger partial charge in [-0.25, -0.2) is 4.98 Å². The number of hydrogen-bond acceptors (Lipinski definition) is 8. The minimum absolute atomic E-state index is 0.00799. The third-order valence-electron chi connectivity index (χ3n) is 8.61. The van der Waals surface area contributed by atoms with Crippen molar-refractivity contribution in [2.24, 2.45) is 5.92 Å². The molecule has 0 radical (unpaired) electrons. The van der Waals surface area contributed by atoms with E-state index >= 15 is 0 Å². The van der Waals surface area contributed by atoms with Crippen LogP contribution in [0.1, 0.15) is 60.8 Å². The molecule has 5 heterocycles. The average molecular weight is 610 g/mol. The molecule has 3 aliphatic rings. The van der Waals surface area contributed by atoms with Gasteiger partial charge in [0.15, 0.2) is 5.82 Å². The second kappa shape index (κ2) is 11.3. The van der Waals surface area contributed by atoms with Crippen LogP contribution in [0.15, 0.2) is 47.1 Å². The first-order valence-corrected chi connectivity index (χ1v) is 14.7. The fraction of sp³-hybridized carbons (Fsp3) is 0.452. The van der Waals surface area contributed by atoms with E-state index in [0.717, 1.165) is 47.7 Å². The molecule has 13 heteroatoms. The van der Waals surface area contributed by atoms with Gasteiger partial charge in [0.1, 0.15) is 17.9 Å². The second-order valence-corrected chi connectivity index (χ2v) is 11.7. The molecule has 0 spiro atoms. The number of alkyl halides is 3. The minimum atomic E-state index is -4.63. The Labute approximate surface area is 253 Å². The molecule has 0 aliphatic carbocycles. The van der Waals surface area contributed by atoms with Crippen LogP contribution in [0.25, 0.3) is 0 Å². The number of likely N-dealkylation sites (N-methyl/N-ethyl adjacent to an activating group) is 1. The highest BCUT2D eigenvalue weighted by Gasteiger charge is 2.49. The zero-order chi connectivity index (χ0) is 31.3. The molecule has 232 valence electrons. The number of anilines is 3. The number of allylic oxidation sites excluding steroid dienone is 1. The smallest absolute Gasteiger partial charge is 0.366 e. The van der Waals surface area contributed by atoms with Crippen molar-refractivity contribution in [1.82, 2.24) is 20.0 Å². The molecule has 2 fully saturated rings. The maximum Gasteiger partial charge on any atom is 0.416 e. The molecule has 0 saturated carbocycles. The molecule has 0 N–H and O–H groups in total. The van der Waals surface area contributed by atoms with Crippen molar-refractivity contribution in [3.05, 3.63) is 71.1 Å². The number of carbonyl (C=O) groups is 2. The Hall–Kier alpha value is -4.42. The number of halogens is 3. The van der Waals surface area contributed by atoms with E-state index in [1.807, 2.05) is 49.2 Å². The SMILES string of the molecule is CC=CN1CCC[C@@H]1c1nc(CN2C[C@H]3CC(=O)N(c4cc(C(F)(F)F)cc(C)n4)[C@@H]3C(=O)N(C)c3cccc(C)c32)no1. The van der Waals surface area contributed by atoms with Crippen LogP contribution in [0.3, 0.4) is 0 Å². The van der Waals surface area contributed by atoms with Gasteiger partial charge in [0.05, 0.1) is 23.5 Å². The Morgan fingerprint density at radius 3 is 2.68 bits per heavy atom. The number of para-hydroxylation sites is 1. The van der Waals surface area contributed by atoms with E-state index in [0.29, 0.717) is 17.4 Å². The van der Waals surface area contributed by atoms with Gasteiger partial charge in [0, 0.05) is 38.2 Å². The van der Waals surface area contributed by atoms with E-state index in [2.05, 4.69) is 15.0 Å². The lowest BCUT2D eigenvalue weighted by molar-refractivity contribution is -0.137. The zero-order valence-corrected chi connectivity index (χ0v) is 25.0. The average Bonchev–Trinajstić information content (AvgIpc) is 3.69. The van der Waals surface area contributed by atoms with E-state index in [9.17, 15) is 22.8 Å². The monoisotopic (exact) mass is 609 g/mol. The lowest BCUT2D eigenvalue weighted by Gasteiger charge is -2.39. The number of carbonyl (C=O) groups excluding carboxylic acids is 2. The maximum absolute atomic E-state index is 14.1. The molecule has 2 amide bonds. The third-order valence-corrected chi connectivity index (χ3v) is 8.61. The first-order valence-electron chi connectivity index (χ1n) is 14.7. The Bertz CT molecular complexity index is 1620. The quantitative estimate of drug-likeness (QED) is 0.391. The molecule has 2 aromatic heterocycles. The molecule has 3 aromatic rings. The number of rotatable bonds is 5. The molecule has 44 heavy (non-hydrogen) atoms. The summed E-state index contributed by atoms with van der Waals surface area (Å²) in [4.78, 5) is 43.4. The number of benzene rings is 1. The predicted molar refractivity (Wildman–Crippen MR) is 157 cm³/mol. The first-order chi connectivity index (χ1) is 21.0. The Balaban J connectivity index is 1.38. The summed E-state index contributed by atoms with van der Waals surface area (Å²) in [7, 11) is 1.62. The fourth-order valence-corrected chi connectivity index (χ4v) is 6.71. The van der Waals surface area contributed by atoms with Crippen molar-refractivity contribution in [3.63, 3.8) is 0 Å². The summed E-state index contributed by atoms with van der Waals surface area (Å²) in [6.45, 7) is 6.76. The first kappa shape index (κ1) is 29.6. The lowest BCUT2D eigenvalue weighted by Crippen LogP contribution is -2.52. The predicted octanol–water partition coefficient (Wildman–Crippen LogP) is 5.18. The van der Waals surface area contributed by atoms with Crippen molar-refractivity contribution in [1.29, 1.82) is 0 Å². The molecule has 3 atom stereocenters. The molecule has 0 unspecified atom stereocenters. The number of hydrogen-bond donors (Lipinski definition) is 0. The van der Waals surface area contributed by atoms with Gasteiger partial charge >= 0.3 is 6.18 Å². The Morgan fingerprint density at radius 2 is 1.93 bits per heavy atom. The van der Waals surface area contributed by atoms with E-state index in [-0.39, 0.29) is 37.1 Å². The molecular weight excluding hydrogens is 575 g/mol. The number of aromatic nitrogens is 3. The standard InChI is InChI=1S/C31H34F3N7O3/c1-5-11-39-12-7-10-23(39)29-36-24(37-44-29)17-40-16-20-14-26(42)41(25-15-21(31(32,33)34)13-19(3)35-25)28(20)30(43)38(4)22-9-6-8-18(2)27(22)40/h5-6,8-9,11,13,15,20,23,28H,7,10,12,14,16-17H2,1-4H3/t20-,23-,28+/m1/s1. The van der Waals surface area contributed by atoms with Crippen LogP contribution in [0.4, 0.5) is 30.4 Å². The molecule has 1 aromatic carbocycles. The number of fused-ring (bicyclic) bond motifs is 2. The van der Waals surface area contributed by atoms with Gasteiger partial charge in [-0.15, -0.1) is 0 Å². The van der Waals surface area contributed by atoms with Crippen molar-refractivity contribution < 1.29 is 27.3 Å². The van der Waals surface area contributed by atoms with Gasteiger partial charge in [-0.3, -0.25) is 14.5 Å². The summed E-state index contributed by atoms with van der Waals surface area (Å²) in [5.41, 5.74) is 1.50. The highest BCUT2D eigenvalue weighted by Crippen LogP contribution is 2.42. The van der Waals surface area contributed by atoms with Crippen molar-refractivity contribution >= 4 is 29.0 Å². The number of nitrogens with zero attached hydrogens (tertiary/aromatic N) is 7.